The molecule has 1 aromatic heterocycles. The van der Waals surface area contributed by atoms with Crippen LogP contribution in [0.5, 0.6) is 6.01 Å². The molecule has 0 amide bonds. The summed E-state index contributed by atoms with van der Waals surface area (Å²) in [5.41, 5.74) is 3.43. The number of methoxy groups -OCH3 is 1. The SMILES string of the molecule is COC(=O)[C@H]1CC[C@H](Oc2nc3c(F)c(-c4ccc(-c5ccc(CO[C@H]6C[C@@H](O)C6)cc5)cc4)c(F)cc3[nH]2)CC1. The van der Waals surface area contributed by atoms with E-state index in [1.807, 2.05) is 36.4 Å². The molecule has 214 valence electrons. The Bertz CT molecular complexity index is 1520. The van der Waals surface area contributed by atoms with Gasteiger partial charge in [0.2, 0.25) is 0 Å². The lowest BCUT2D eigenvalue weighted by Crippen LogP contribution is -2.35. The molecule has 0 aliphatic heterocycles. The summed E-state index contributed by atoms with van der Waals surface area (Å²) in [7, 11) is 1.39. The first-order valence-corrected chi connectivity index (χ1v) is 14.0. The zero-order valence-electron chi connectivity index (χ0n) is 22.7. The van der Waals surface area contributed by atoms with Gasteiger partial charge >= 0.3 is 5.97 Å². The highest BCUT2D eigenvalue weighted by Crippen LogP contribution is 2.34. The number of esters is 1. The van der Waals surface area contributed by atoms with Gasteiger partial charge in [-0.3, -0.25) is 4.79 Å². The van der Waals surface area contributed by atoms with Crippen LogP contribution in [0.15, 0.2) is 54.6 Å². The number of benzene rings is 3. The zero-order valence-corrected chi connectivity index (χ0v) is 22.7. The molecular weight excluding hydrogens is 530 g/mol. The Balaban J connectivity index is 1.14. The molecule has 0 radical (unpaired) electrons. The Morgan fingerprint density at radius 3 is 2.22 bits per heavy atom. The molecule has 1 heterocycles. The van der Waals surface area contributed by atoms with E-state index in [1.165, 1.54) is 13.2 Å². The largest absolute Gasteiger partial charge is 0.469 e. The summed E-state index contributed by atoms with van der Waals surface area (Å²) >= 11 is 0. The standard InChI is InChI=1S/C32H32F2N2O5/c1-39-31(38)22-10-12-24(13-11-22)41-32-35-27-16-26(33)28(29(34)30(27)36-32)21-8-6-20(7-9-21)19-4-2-18(3-5-19)17-40-25-14-23(37)15-25/h2-9,16,22-25,37H,10-15,17H2,1H3,(H,35,36)/t22-,23-,24-,25+. The van der Waals surface area contributed by atoms with E-state index >= 15 is 8.78 Å². The second kappa shape index (κ2) is 11.6. The maximum atomic E-state index is 15.6. The number of aromatic nitrogens is 2. The lowest BCUT2D eigenvalue weighted by atomic mass is 9.87. The number of ether oxygens (including phenoxy) is 3. The van der Waals surface area contributed by atoms with Crippen LogP contribution < -0.4 is 4.74 Å². The fourth-order valence-corrected chi connectivity index (χ4v) is 5.63. The minimum Gasteiger partial charge on any atom is -0.469 e. The van der Waals surface area contributed by atoms with Crippen LogP contribution in [0.1, 0.15) is 44.1 Å². The number of aromatic amines is 1. The number of halogens is 2. The molecule has 7 nitrogen and oxygen atoms in total. The van der Waals surface area contributed by atoms with Gasteiger partial charge in [0.1, 0.15) is 17.4 Å². The van der Waals surface area contributed by atoms with Crippen LogP contribution in [0, 0.1) is 17.6 Å². The first-order chi connectivity index (χ1) is 19.9. The highest BCUT2D eigenvalue weighted by molar-refractivity contribution is 5.84. The van der Waals surface area contributed by atoms with Gasteiger partial charge in [-0.25, -0.2) is 8.78 Å². The van der Waals surface area contributed by atoms with Gasteiger partial charge < -0.3 is 24.3 Å². The summed E-state index contributed by atoms with van der Waals surface area (Å²) in [5, 5.41) is 9.39. The van der Waals surface area contributed by atoms with Crippen molar-refractivity contribution in [2.75, 3.05) is 7.11 Å². The van der Waals surface area contributed by atoms with Gasteiger partial charge in [-0.05, 0) is 60.8 Å². The summed E-state index contributed by atoms with van der Waals surface area (Å²) < 4.78 is 47.3. The quantitative estimate of drug-likeness (QED) is 0.244. The number of aliphatic hydroxyl groups is 1. The van der Waals surface area contributed by atoms with E-state index in [0.717, 1.165) is 16.7 Å². The van der Waals surface area contributed by atoms with Crippen molar-refractivity contribution >= 4 is 17.0 Å². The number of fused-ring (bicyclic) bond motifs is 1. The molecule has 3 aromatic carbocycles. The van der Waals surface area contributed by atoms with Gasteiger partial charge in [0.25, 0.3) is 6.01 Å². The molecule has 4 aromatic rings. The van der Waals surface area contributed by atoms with Crippen molar-refractivity contribution in [1.82, 2.24) is 9.97 Å². The molecule has 9 heteroatoms. The van der Waals surface area contributed by atoms with Crippen molar-refractivity contribution in [1.29, 1.82) is 0 Å². The van der Waals surface area contributed by atoms with Crippen molar-refractivity contribution in [3.63, 3.8) is 0 Å². The molecule has 2 aliphatic rings. The number of carbonyl (C=O) groups is 1. The minimum absolute atomic E-state index is 0.0120. The fraction of sp³-hybridized carbons (Fsp3) is 0.375. The Labute approximate surface area is 236 Å². The van der Waals surface area contributed by atoms with Gasteiger partial charge in [-0.15, -0.1) is 0 Å². The van der Waals surface area contributed by atoms with Crippen LogP contribution in [0.3, 0.4) is 0 Å². The van der Waals surface area contributed by atoms with Crippen LogP contribution in [0.2, 0.25) is 0 Å². The Morgan fingerprint density at radius 2 is 1.59 bits per heavy atom. The van der Waals surface area contributed by atoms with Gasteiger partial charge in [0, 0.05) is 6.07 Å². The normalized spacial score (nSPS) is 22.3. The molecule has 2 aliphatic carbocycles. The summed E-state index contributed by atoms with van der Waals surface area (Å²) in [6, 6.07) is 16.4. The van der Waals surface area contributed by atoms with Crippen LogP contribution in [0.25, 0.3) is 33.3 Å². The lowest BCUT2D eigenvalue weighted by molar-refractivity contribution is -0.147. The van der Waals surface area contributed by atoms with E-state index in [9.17, 15) is 9.90 Å². The number of H-pyrrole nitrogens is 1. The molecule has 2 N–H and O–H groups in total. The third-order valence-corrected chi connectivity index (χ3v) is 8.15. The molecule has 0 saturated heterocycles. The maximum absolute atomic E-state index is 15.6. The number of nitrogens with one attached hydrogen (secondary N) is 1. The number of hydrogen-bond acceptors (Lipinski definition) is 6. The Kier molecular flexibility index (Phi) is 7.73. The first kappa shape index (κ1) is 27.4. The topological polar surface area (TPSA) is 93.7 Å². The van der Waals surface area contributed by atoms with Gasteiger partial charge in [-0.1, -0.05) is 48.5 Å². The van der Waals surface area contributed by atoms with Crippen LogP contribution in [-0.4, -0.2) is 46.5 Å². The fourth-order valence-electron chi connectivity index (χ4n) is 5.63. The van der Waals surface area contributed by atoms with E-state index in [1.54, 1.807) is 12.1 Å². The predicted molar refractivity (Wildman–Crippen MR) is 149 cm³/mol. The van der Waals surface area contributed by atoms with E-state index in [0.29, 0.717) is 50.7 Å². The van der Waals surface area contributed by atoms with Crippen LogP contribution in [-0.2, 0) is 20.9 Å². The monoisotopic (exact) mass is 562 g/mol. The Morgan fingerprint density at radius 1 is 0.951 bits per heavy atom. The van der Waals surface area contributed by atoms with Crippen molar-refractivity contribution in [3.05, 3.63) is 71.8 Å². The summed E-state index contributed by atoms with van der Waals surface area (Å²) in [4.78, 5) is 18.9. The smallest absolute Gasteiger partial charge is 0.308 e. The molecule has 0 spiro atoms. The van der Waals surface area contributed by atoms with E-state index in [-0.39, 0.29) is 52.8 Å². The maximum Gasteiger partial charge on any atom is 0.308 e. The van der Waals surface area contributed by atoms with Gasteiger partial charge in [0.15, 0.2) is 5.82 Å². The highest BCUT2D eigenvalue weighted by atomic mass is 19.1. The zero-order chi connectivity index (χ0) is 28.5. The average molecular weight is 563 g/mol. The second-order valence-corrected chi connectivity index (χ2v) is 10.9. The average Bonchev–Trinajstić information content (AvgIpc) is 3.37. The number of rotatable bonds is 8. The number of aliphatic hydroxyl groups excluding tert-OH is 1. The minimum atomic E-state index is -0.753. The third kappa shape index (κ3) is 5.83. The molecular formula is C32H32F2N2O5. The van der Waals surface area contributed by atoms with E-state index < -0.39 is 11.6 Å². The first-order valence-electron chi connectivity index (χ1n) is 14.0. The van der Waals surface area contributed by atoms with E-state index in [2.05, 4.69) is 9.97 Å². The number of hydrogen-bond donors (Lipinski definition) is 2. The molecule has 41 heavy (non-hydrogen) atoms. The summed E-state index contributed by atoms with van der Waals surface area (Å²) in [6.07, 6.45) is 3.67. The molecule has 0 atom stereocenters. The second-order valence-electron chi connectivity index (χ2n) is 10.9. The third-order valence-electron chi connectivity index (χ3n) is 8.15. The van der Waals surface area contributed by atoms with Crippen molar-refractivity contribution < 1.29 is 32.9 Å². The summed E-state index contributed by atoms with van der Waals surface area (Å²) in [5.74, 6) is -1.80. The molecule has 6 rings (SSSR count). The summed E-state index contributed by atoms with van der Waals surface area (Å²) in [6.45, 7) is 0.494. The van der Waals surface area contributed by atoms with Gasteiger partial charge in [0.05, 0.1) is 42.9 Å². The number of nitrogens with zero attached hydrogens (tertiary/aromatic N) is 1. The van der Waals surface area contributed by atoms with Crippen LogP contribution >= 0.6 is 0 Å². The number of imidazole rings is 1. The Hall–Kier alpha value is -3.82. The molecule has 0 unspecified atom stereocenters. The highest BCUT2D eigenvalue weighted by Gasteiger charge is 2.29. The molecule has 2 saturated carbocycles. The molecule has 0 bridgehead atoms. The number of carbonyl (C=O) groups excluding carboxylic acids is 1. The molecule has 2 fully saturated rings. The van der Waals surface area contributed by atoms with Crippen molar-refractivity contribution in [2.45, 2.75) is 63.4 Å². The van der Waals surface area contributed by atoms with E-state index in [4.69, 9.17) is 14.2 Å². The van der Waals surface area contributed by atoms with Crippen molar-refractivity contribution in [2.24, 2.45) is 5.92 Å². The van der Waals surface area contributed by atoms with Crippen molar-refractivity contribution in [3.8, 4) is 28.3 Å². The van der Waals surface area contributed by atoms with Crippen LogP contribution in [0.4, 0.5) is 8.78 Å². The lowest BCUT2D eigenvalue weighted by Gasteiger charge is -2.31. The predicted octanol–water partition coefficient (Wildman–Crippen LogP) is 6.33. The van der Waals surface area contributed by atoms with Gasteiger partial charge in [-0.2, -0.15) is 4.98 Å².